The Morgan fingerprint density at radius 2 is 2.25 bits per heavy atom. The number of piperidine rings is 1. The number of benzene rings is 1. The molecule has 1 unspecified atom stereocenters. The van der Waals surface area contributed by atoms with Crippen LogP contribution in [0.2, 0.25) is 0 Å². The normalized spacial score (nSPS) is 21.1. The number of nitrogens with one attached hydrogen (secondary N) is 2. The van der Waals surface area contributed by atoms with E-state index in [0.717, 1.165) is 18.5 Å². The molecule has 86 valence electrons. The molecule has 0 aliphatic carbocycles. The van der Waals surface area contributed by atoms with E-state index in [1.54, 1.807) is 18.3 Å². The van der Waals surface area contributed by atoms with Crippen LogP contribution in [0.15, 0.2) is 29.4 Å². The molecule has 0 bridgehead atoms. The molecule has 2 rings (SSSR count). The molecule has 0 radical (unpaired) electrons. The van der Waals surface area contributed by atoms with E-state index in [1.807, 2.05) is 12.1 Å². The first-order valence-electron chi connectivity index (χ1n) is 5.66. The van der Waals surface area contributed by atoms with Crippen LogP contribution in [-0.4, -0.2) is 24.0 Å². The second-order valence-electron chi connectivity index (χ2n) is 3.95. The number of phenols is 1. The van der Waals surface area contributed by atoms with Gasteiger partial charge in [-0.25, -0.2) is 0 Å². The predicted molar refractivity (Wildman–Crippen MR) is 64.5 cm³/mol. The second-order valence-corrected chi connectivity index (χ2v) is 3.95. The second kappa shape index (κ2) is 5.51. The van der Waals surface area contributed by atoms with Gasteiger partial charge in [-0.15, -0.1) is 0 Å². The number of nitrogens with zero attached hydrogens (tertiary/aromatic N) is 1. The lowest BCUT2D eigenvalue weighted by molar-refractivity contribution is 0.350. The van der Waals surface area contributed by atoms with E-state index in [1.165, 1.54) is 12.8 Å². The molecule has 4 nitrogen and oxygen atoms in total. The molecule has 1 heterocycles. The Balaban J connectivity index is 1.87. The standard InChI is InChI=1S/C12H17N3O/c16-11-6-2-1-5-10(11)9-14-15-12-7-3-4-8-13-12/h1-2,5-6,9,12-13,15-16H,3-4,7-8H2/b14-9+. The van der Waals surface area contributed by atoms with E-state index < -0.39 is 0 Å². The summed E-state index contributed by atoms with van der Waals surface area (Å²) < 4.78 is 0. The van der Waals surface area contributed by atoms with Gasteiger partial charge in [-0.1, -0.05) is 12.1 Å². The number of hydrogen-bond acceptors (Lipinski definition) is 4. The van der Waals surface area contributed by atoms with Gasteiger partial charge < -0.3 is 5.11 Å². The van der Waals surface area contributed by atoms with Crippen molar-refractivity contribution in [3.63, 3.8) is 0 Å². The fourth-order valence-corrected chi connectivity index (χ4v) is 1.76. The number of aromatic hydroxyl groups is 1. The van der Waals surface area contributed by atoms with Crippen molar-refractivity contribution >= 4 is 6.21 Å². The number of hydrogen-bond donors (Lipinski definition) is 3. The lowest BCUT2D eigenvalue weighted by Crippen LogP contribution is -2.42. The van der Waals surface area contributed by atoms with E-state index in [0.29, 0.717) is 0 Å². The van der Waals surface area contributed by atoms with Gasteiger partial charge in [-0.05, 0) is 37.9 Å². The Labute approximate surface area is 95.4 Å². The summed E-state index contributed by atoms with van der Waals surface area (Å²) in [5.41, 5.74) is 3.77. The summed E-state index contributed by atoms with van der Waals surface area (Å²) in [6.07, 6.45) is 5.47. The van der Waals surface area contributed by atoms with Gasteiger partial charge in [0.1, 0.15) is 5.75 Å². The summed E-state index contributed by atoms with van der Waals surface area (Å²) in [6.45, 7) is 1.05. The van der Waals surface area contributed by atoms with Gasteiger partial charge in [0.05, 0.1) is 12.4 Å². The van der Waals surface area contributed by atoms with Crippen LogP contribution in [0.3, 0.4) is 0 Å². The summed E-state index contributed by atoms with van der Waals surface area (Å²) in [7, 11) is 0. The average Bonchev–Trinajstić information content (AvgIpc) is 2.33. The molecule has 0 amide bonds. The van der Waals surface area contributed by atoms with Crippen LogP contribution in [0.25, 0.3) is 0 Å². The molecule has 3 N–H and O–H groups in total. The summed E-state index contributed by atoms with van der Waals surface area (Å²) in [5.74, 6) is 0.254. The highest BCUT2D eigenvalue weighted by Gasteiger charge is 2.09. The maximum absolute atomic E-state index is 9.51. The molecule has 1 aliphatic rings. The van der Waals surface area contributed by atoms with Crippen molar-refractivity contribution in [2.24, 2.45) is 5.10 Å². The molecule has 1 aliphatic heterocycles. The van der Waals surface area contributed by atoms with Crippen LogP contribution in [0, 0.1) is 0 Å². The lowest BCUT2D eigenvalue weighted by atomic mass is 10.1. The van der Waals surface area contributed by atoms with E-state index in [2.05, 4.69) is 15.8 Å². The SMILES string of the molecule is Oc1ccccc1/C=N/NC1CCCCN1. The molecule has 1 aromatic carbocycles. The Hall–Kier alpha value is -1.55. The minimum atomic E-state index is 0.254. The van der Waals surface area contributed by atoms with Crippen molar-refractivity contribution in [1.29, 1.82) is 0 Å². The quantitative estimate of drug-likeness (QED) is 0.532. The topological polar surface area (TPSA) is 56.7 Å². The van der Waals surface area contributed by atoms with Gasteiger partial charge in [0.25, 0.3) is 0 Å². The van der Waals surface area contributed by atoms with Gasteiger partial charge in [0.2, 0.25) is 0 Å². The molecule has 1 atom stereocenters. The highest BCUT2D eigenvalue weighted by molar-refractivity contribution is 5.82. The number of para-hydroxylation sites is 1. The molecule has 1 fully saturated rings. The summed E-state index contributed by atoms with van der Waals surface area (Å²) in [6, 6.07) is 7.15. The Morgan fingerprint density at radius 1 is 1.38 bits per heavy atom. The van der Waals surface area contributed by atoms with Crippen molar-refractivity contribution in [3.05, 3.63) is 29.8 Å². The maximum atomic E-state index is 9.51. The average molecular weight is 219 g/mol. The van der Waals surface area contributed by atoms with Gasteiger partial charge in [-0.2, -0.15) is 5.10 Å². The van der Waals surface area contributed by atoms with Crippen LogP contribution in [0.5, 0.6) is 5.75 Å². The van der Waals surface area contributed by atoms with Crippen LogP contribution in [-0.2, 0) is 0 Å². The number of phenolic OH excluding ortho intramolecular Hbond substituents is 1. The molecular weight excluding hydrogens is 202 g/mol. The summed E-state index contributed by atoms with van der Waals surface area (Å²) >= 11 is 0. The molecule has 1 aromatic rings. The largest absolute Gasteiger partial charge is 0.507 e. The monoisotopic (exact) mass is 219 g/mol. The molecule has 1 saturated heterocycles. The Kier molecular flexibility index (Phi) is 3.77. The molecule has 4 heteroatoms. The zero-order valence-electron chi connectivity index (χ0n) is 9.19. The summed E-state index contributed by atoms with van der Waals surface area (Å²) in [5, 5.41) is 17.0. The smallest absolute Gasteiger partial charge is 0.124 e. The Morgan fingerprint density at radius 3 is 3.00 bits per heavy atom. The molecule has 0 spiro atoms. The highest BCUT2D eigenvalue weighted by Crippen LogP contribution is 2.12. The maximum Gasteiger partial charge on any atom is 0.124 e. The molecule has 16 heavy (non-hydrogen) atoms. The van der Waals surface area contributed by atoms with Crippen molar-refractivity contribution in [1.82, 2.24) is 10.7 Å². The highest BCUT2D eigenvalue weighted by atomic mass is 16.3. The first kappa shape index (κ1) is 11.0. The third-order valence-corrected chi connectivity index (χ3v) is 2.68. The first-order valence-corrected chi connectivity index (χ1v) is 5.66. The first-order chi connectivity index (χ1) is 7.86. The zero-order valence-corrected chi connectivity index (χ0v) is 9.19. The van der Waals surface area contributed by atoms with Crippen molar-refractivity contribution < 1.29 is 5.11 Å². The van der Waals surface area contributed by atoms with Crippen LogP contribution < -0.4 is 10.7 Å². The fourth-order valence-electron chi connectivity index (χ4n) is 1.76. The van der Waals surface area contributed by atoms with Gasteiger partial charge in [-0.3, -0.25) is 10.7 Å². The Bertz CT molecular complexity index is 359. The van der Waals surface area contributed by atoms with E-state index in [4.69, 9.17) is 0 Å². The minimum absolute atomic E-state index is 0.254. The number of rotatable bonds is 3. The van der Waals surface area contributed by atoms with Crippen molar-refractivity contribution in [2.75, 3.05) is 6.54 Å². The van der Waals surface area contributed by atoms with E-state index >= 15 is 0 Å². The predicted octanol–water partition coefficient (Wildman–Crippen LogP) is 1.42. The van der Waals surface area contributed by atoms with Crippen LogP contribution in [0.1, 0.15) is 24.8 Å². The van der Waals surface area contributed by atoms with Crippen LogP contribution >= 0.6 is 0 Å². The van der Waals surface area contributed by atoms with Crippen molar-refractivity contribution in [3.8, 4) is 5.75 Å². The third-order valence-electron chi connectivity index (χ3n) is 2.68. The summed E-state index contributed by atoms with van der Waals surface area (Å²) in [4.78, 5) is 0. The van der Waals surface area contributed by atoms with Gasteiger partial charge in [0.15, 0.2) is 0 Å². The van der Waals surface area contributed by atoms with Gasteiger partial charge >= 0.3 is 0 Å². The third kappa shape index (κ3) is 2.97. The fraction of sp³-hybridized carbons (Fsp3) is 0.417. The lowest BCUT2D eigenvalue weighted by Gasteiger charge is -2.22. The van der Waals surface area contributed by atoms with E-state index in [9.17, 15) is 5.11 Å². The molecule has 0 aromatic heterocycles. The zero-order chi connectivity index (χ0) is 11.2. The molecule has 0 saturated carbocycles. The van der Waals surface area contributed by atoms with Gasteiger partial charge in [0, 0.05) is 5.56 Å². The number of hydrazone groups is 1. The van der Waals surface area contributed by atoms with Crippen LogP contribution in [0.4, 0.5) is 0 Å². The molecular formula is C12H17N3O. The van der Waals surface area contributed by atoms with E-state index in [-0.39, 0.29) is 11.9 Å². The minimum Gasteiger partial charge on any atom is -0.507 e. The van der Waals surface area contributed by atoms with Crippen molar-refractivity contribution in [2.45, 2.75) is 25.4 Å².